The summed E-state index contributed by atoms with van der Waals surface area (Å²) in [6.45, 7) is 12.3. The molecule has 1 aliphatic rings. The van der Waals surface area contributed by atoms with Crippen LogP contribution < -0.4 is 0 Å². The molecule has 0 N–H and O–H groups in total. The molecule has 6 aromatic carbocycles. The lowest BCUT2D eigenvalue weighted by molar-refractivity contribution is 0.661. The fourth-order valence-electron chi connectivity index (χ4n) is 7.50. The first-order valence-corrected chi connectivity index (χ1v) is 17.1. The van der Waals surface area contributed by atoms with Gasteiger partial charge < -0.3 is 0 Å². The monoisotopic (exact) mass is 652 g/mol. The fourth-order valence-corrected chi connectivity index (χ4v) is 7.50. The molecule has 0 fully saturated rings. The molecule has 240 valence electrons. The molecule has 0 bridgehead atoms. The summed E-state index contributed by atoms with van der Waals surface area (Å²) in [5.74, 6) is 0.686. The number of fused-ring (bicyclic) bond motifs is 5. The molecule has 9 rings (SSSR count). The van der Waals surface area contributed by atoms with Crippen LogP contribution >= 0.6 is 0 Å². The van der Waals surface area contributed by atoms with E-state index in [4.69, 9.17) is 16.5 Å². The second kappa shape index (κ2) is 12.0. The summed E-state index contributed by atoms with van der Waals surface area (Å²) in [4.78, 5) is 18.4. The SMILES string of the molecule is [C-]#[N+]c1ccc2ccc3c(c2c1)-c1ccc(-c2cc(-c4cccnc4)cc(-c4cc(-c5ccccc5)nc(-c5ccccc5)n4)c2)cc1C3(C)C. The normalized spacial score (nSPS) is 12.6. The number of aromatic nitrogens is 3. The van der Waals surface area contributed by atoms with Gasteiger partial charge in [-0.1, -0.05) is 117 Å². The molecule has 2 heterocycles. The van der Waals surface area contributed by atoms with E-state index in [-0.39, 0.29) is 5.41 Å². The first-order chi connectivity index (χ1) is 25.0. The number of benzene rings is 6. The van der Waals surface area contributed by atoms with E-state index >= 15 is 0 Å². The van der Waals surface area contributed by atoms with Gasteiger partial charge in [0.2, 0.25) is 0 Å². The Morgan fingerprint density at radius 1 is 0.529 bits per heavy atom. The zero-order valence-corrected chi connectivity index (χ0v) is 28.3. The van der Waals surface area contributed by atoms with Crippen molar-refractivity contribution in [2.45, 2.75) is 19.3 Å². The maximum Gasteiger partial charge on any atom is 0.187 e. The zero-order valence-electron chi connectivity index (χ0n) is 28.3. The molecule has 0 saturated carbocycles. The molecule has 0 spiro atoms. The minimum Gasteiger partial charge on any atom is -0.264 e. The molecule has 0 atom stereocenters. The van der Waals surface area contributed by atoms with Gasteiger partial charge in [-0.05, 0) is 92.2 Å². The number of hydrogen-bond acceptors (Lipinski definition) is 3. The van der Waals surface area contributed by atoms with Crippen LogP contribution in [0.3, 0.4) is 0 Å². The number of hydrogen-bond donors (Lipinski definition) is 0. The minimum atomic E-state index is -0.214. The van der Waals surface area contributed by atoms with Gasteiger partial charge in [-0.25, -0.2) is 14.8 Å². The van der Waals surface area contributed by atoms with Gasteiger partial charge in [-0.15, -0.1) is 0 Å². The molecule has 0 saturated heterocycles. The third-order valence-electron chi connectivity index (χ3n) is 10.2. The van der Waals surface area contributed by atoms with E-state index in [9.17, 15) is 0 Å². The number of nitrogens with zero attached hydrogens (tertiary/aromatic N) is 4. The third kappa shape index (κ3) is 5.28. The average Bonchev–Trinajstić information content (AvgIpc) is 3.43. The van der Waals surface area contributed by atoms with Crippen molar-refractivity contribution in [3.8, 4) is 67.3 Å². The van der Waals surface area contributed by atoms with E-state index in [1.165, 1.54) is 22.3 Å². The molecular weight excluding hydrogens is 621 g/mol. The Morgan fingerprint density at radius 3 is 1.92 bits per heavy atom. The highest BCUT2D eigenvalue weighted by Crippen LogP contribution is 2.52. The van der Waals surface area contributed by atoms with Crippen LogP contribution in [0.2, 0.25) is 0 Å². The minimum absolute atomic E-state index is 0.214. The lowest BCUT2D eigenvalue weighted by Gasteiger charge is -2.22. The Hall–Kier alpha value is -6.70. The summed E-state index contributed by atoms with van der Waals surface area (Å²) < 4.78 is 0. The second-order valence-electron chi connectivity index (χ2n) is 13.6. The van der Waals surface area contributed by atoms with Gasteiger partial charge in [0, 0.05) is 40.1 Å². The van der Waals surface area contributed by atoms with Crippen LogP contribution in [0.25, 0.3) is 82.9 Å². The van der Waals surface area contributed by atoms with E-state index in [1.54, 1.807) is 0 Å². The van der Waals surface area contributed by atoms with Gasteiger partial charge >= 0.3 is 0 Å². The Balaban J connectivity index is 1.24. The standard InChI is InChI=1S/C47H32N4/c1-47(2)41-21-18-30-16-19-38(48-3)27-40(30)45(41)39-20-17-33(26-42(39)47)35-23-36(34-15-10-22-49-29-34)25-37(24-35)44-28-43(31-11-6-4-7-12-31)50-46(51-44)32-13-8-5-9-14-32/h4-29H,1-2H3. The van der Waals surface area contributed by atoms with Crippen LogP contribution in [0, 0.1) is 6.57 Å². The summed E-state index contributed by atoms with van der Waals surface area (Å²) >= 11 is 0. The molecule has 0 amide bonds. The van der Waals surface area contributed by atoms with Crippen molar-refractivity contribution in [3.63, 3.8) is 0 Å². The van der Waals surface area contributed by atoms with Gasteiger partial charge in [0.25, 0.3) is 0 Å². The maximum atomic E-state index is 7.65. The largest absolute Gasteiger partial charge is 0.264 e. The molecule has 0 unspecified atom stereocenters. The van der Waals surface area contributed by atoms with Gasteiger partial charge in [0.15, 0.2) is 11.5 Å². The predicted molar refractivity (Wildman–Crippen MR) is 208 cm³/mol. The Labute approximate surface area is 297 Å². The third-order valence-corrected chi connectivity index (χ3v) is 10.2. The lowest BCUT2D eigenvalue weighted by Crippen LogP contribution is -2.15. The van der Waals surface area contributed by atoms with E-state index in [0.717, 1.165) is 61.1 Å². The summed E-state index contributed by atoms with van der Waals surface area (Å²) in [5, 5.41) is 2.28. The Kier molecular flexibility index (Phi) is 7.15. The van der Waals surface area contributed by atoms with Crippen molar-refractivity contribution in [2.24, 2.45) is 0 Å². The topological polar surface area (TPSA) is 43.0 Å². The molecule has 0 radical (unpaired) electrons. The molecule has 0 aliphatic heterocycles. The summed E-state index contributed by atoms with van der Waals surface area (Å²) in [6, 6.07) is 50.7. The molecular formula is C47H32N4. The van der Waals surface area contributed by atoms with Crippen molar-refractivity contribution < 1.29 is 0 Å². The molecule has 2 aromatic heterocycles. The highest BCUT2D eigenvalue weighted by Gasteiger charge is 2.36. The van der Waals surface area contributed by atoms with Crippen LogP contribution in [-0.2, 0) is 5.41 Å². The highest BCUT2D eigenvalue weighted by atomic mass is 14.9. The summed E-state index contributed by atoms with van der Waals surface area (Å²) in [5.41, 5.74) is 14.6. The first-order valence-electron chi connectivity index (χ1n) is 17.1. The van der Waals surface area contributed by atoms with Crippen molar-refractivity contribution in [1.82, 2.24) is 15.0 Å². The molecule has 4 nitrogen and oxygen atoms in total. The highest BCUT2D eigenvalue weighted by molar-refractivity contribution is 6.04. The predicted octanol–water partition coefficient (Wildman–Crippen LogP) is 12.2. The maximum absolute atomic E-state index is 7.65. The van der Waals surface area contributed by atoms with Crippen LogP contribution in [0.15, 0.2) is 158 Å². The van der Waals surface area contributed by atoms with Crippen LogP contribution in [0.1, 0.15) is 25.0 Å². The summed E-state index contributed by atoms with van der Waals surface area (Å²) in [6.07, 6.45) is 3.72. The molecule has 51 heavy (non-hydrogen) atoms. The Morgan fingerprint density at radius 2 is 1.20 bits per heavy atom. The van der Waals surface area contributed by atoms with E-state index in [0.29, 0.717) is 11.5 Å². The number of pyridine rings is 1. The fraction of sp³-hybridized carbons (Fsp3) is 0.0638. The van der Waals surface area contributed by atoms with E-state index in [1.807, 2.05) is 67.0 Å². The van der Waals surface area contributed by atoms with Crippen molar-refractivity contribution in [2.75, 3.05) is 0 Å². The zero-order chi connectivity index (χ0) is 34.5. The molecule has 1 aliphatic carbocycles. The van der Waals surface area contributed by atoms with Crippen LogP contribution in [-0.4, -0.2) is 15.0 Å². The van der Waals surface area contributed by atoms with Crippen LogP contribution in [0.4, 0.5) is 5.69 Å². The first kappa shape index (κ1) is 30.4. The van der Waals surface area contributed by atoms with Crippen molar-refractivity contribution >= 4 is 16.5 Å². The quantitative estimate of drug-likeness (QED) is 0.174. The lowest BCUT2D eigenvalue weighted by atomic mass is 9.81. The van der Waals surface area contributed by atoms with Gasteiger partial charge in [-0.3, -0.25) is 4.98 Å². The smallest absolute Gasteiger partial charge is 0.187 e. The van der Waals surface area contributed by atoms with Crippen LogP contribution in [0.5, 0.6) is 0 Å². The van der Waals surface area contributed by atoms with Crippen molar-refractivity contribution in [3.05, 3.63) is 181 Å². The molecule has 4 heteroatoms. The number of rotatable bonds is 5. The second-order valence-corrected chi connectivity index (χ2v) is 13.6. The van der Waals surface area contributed by atoms with Gasteiger partial charge in [0.05, 0.1) is 18.0 Å². The van der Waals surface area contributed by atoms with Gasteiger partial charge in [0.1, 0.15) is 0 Å². The Bertz CT molecular complexity index is 2600. The van der Waals surface area contributed by atoms with E-state index < -0.39 is 0 Å². The average molecular weight is 653 g/mol. The van der Waals surface area contributed by atoms with Gasteiger partial charge in [-0.2, -0.15) is 0 Å². The van der Waals surface area contributed by atoms with E-state index in [2.05, 4.69) is 115 Å². The summed E-state index contributed by atoms with van der Waals surface area (Å²) in [7, 11) is 0. The molecule has 8 aromatic rings. The van der Waals surface area contributed by atoms with Crippen molar-refractivity contribution in [1.29, 1.82) is 0 Å².